The number of hydrogen-bond acceptors (Lipinski definition) is 4. The SMILES string of the molecule is Cc1nc(C)c(CC(=O)N2CCC(C(=O)N3CCc4ccccc4C3)CC2)c(=O)[nH]1. The van der Waals surface area contributed by atoms with Gasteiger partial charge in [-0.2, -0.15) is 0 Å². The summed E-state index contributed by atoms with van der Waals surface area (Å²) in [6.45, 7) is 6.02. The Morgan fingerprint density at radius 2 is 1.77 bits per heavy atom. The van der Waals surface area contributed by atoms with E-state index in [1.165, 1.54) is 11.1 Å². The molecule has 2 amide bonds. The summed E-state index contributed by atoms with van der Waals surface area (Å²) >= 11 is 0. The molecular weight excluding hydrogens is 380 g/mol. The van der Waals surface area contributed by atoms with Gasteiger partial charge >= 0.3 is 0 Å². The van der Waals surface area contributed by atoms with Crippen molar-refractivity contribution in [3.05, 3.63) is 62.8 Å². The Hall–Kier alpha value is -2.96. The number of H-pyrrole nitrogens is 1. The number of aryl methyl sites for hydroxylation is 2. The van der Waals surface area contributed by atoms with Crippen LogP contribution in [0.2, 0.25) is 0 Å². The molecule has 2 aliphatic rings. The van der Waals surface area contributed by atoms with Crippen LogP contribution in [0.5, 0.6) is 0 Å². The highest BCUT2D eigenvalue weighted by atomic mass is 16.2. The second kappa shape index (κ2) is 8.42. The number of amides is 2. The zero-order valence-corrected chi connectivity index (χ0v) is 17.6. The largest absolute Gasteiger partial charge is 0.342 e. The quantitative estimate of drug-likeness (QED) is 0.838. The summed E-state index contributed by atoms with van der Waals surface area (Å²) in [5.41, 5.74) is 3.34. The van der Waals surface area contributed by atoms with Crippen LogP contribution in [-0.2, 0) is 29.0 Å². The molecule has 1 aromatic carbocycles. The number of rotatable bonds is 3. The minimum Gasteiger partial charge on any atom is -0.342 e. The van der Waals surface area contributed by atoms with E-state index in [2.05, 4.69) is 22.1 Å². The molecule has 0 aliphatic carbocycles. The van der Waals surface area contributed by atoms with Crippen molar-refractivity contribution >= 4 is 11.8 Å². The fourth-order valence-electron chi connectivity index (χ4n) is 4.54. The minimum atomic E-state index is -0.246. The third-order valence-electron chi connectivity index (χ3n) is 6.31. The van der Waals surface area contributed by atoms with Gasteiger partial charge in [0.1, 0.15) is 5.82 Å². The summed E-state index contributed by atoms with van der Waals surface area (Å²) in [6.07, 6.45) is 2.29. The first kappa shape index (κ1) is 20.3. The third kappa shape index (κ3) is 4.15. The molecule has 1 fully saturated rings. The number of nitrogens with zero attached hydrogens (tertiary/aromatic N) is 3. The zero-order chi connectivity index (χ0) is 21.3. The molecule has 1 saturated heterocycles. The topological polar surface area (TPSA) is 86.4 Å². The van der Waals surface area contributed by atoms with E-state index in [1.54, 1.807) is 18.7 Å². The van der Waals surface area contributed by atoms with E-state index in [4.69, 9.17) is 0 Å². The number of aromatic amines is 1. The van der Waals surface area contributed by atoms with Crippen LogP contribution >= 0.6 is 0 Å². The van der Waals surface area contributed by atoms with Gasteiger partial charge in [-0.3, -0.25) is 14.4 Å². The van der Waals surface area contributed by atoms with Crippen molar-refractivity contribution in [3.8, 4) is 0 Å². The molecule has 158 valence electrons. The number of piperidine rings is 1. The number of likely N-dealkylation sites (tertiary alicyclic amines) is 1. The highest BCUT2D eigenvalue weighted by Crippen LogP contribution is 2.25. The lowest BCUT2D eigenvalue weighted by atomic mass is 9.92. The van der Waals surface area contributed by atoms with Gasteiger partial charge in [0.05, 0.1) is 6.42 Å². The summed E-state index contributed by atoms with van der Waals surface area (Å²) in [5, 5.41) is 0. The van der Waals surface area contributed by atoms with E-state index in [0.717, 1.165) is 13.0 Å². The third-order valence-corrected chi connectivity index (χ3v) is 6.31. The highest BCUT2D eigenvalue weighted by molar-refractivity contribution is 5.81. The second-order valence-corrected chi connectivity index (χ2v) is 8.33. The average molecular weight is 409 g/mol. The summed E-state index contributed by atoms with van der Waals surface area (Å²) < 4.78 is 0. The molecule has 0 spiro atoms. The molecule has 7 nitrogen and oxygen atoms in total. The molecule has 0 unspecified atom stereocenters. The molecular formula is C23H28N4O3. The number of aromatic nitrogens is 2. The maximum atomic E-state index is 13.0. The predicted molar refractivity (Wildman–Crippen MR) is 113 cm³/mol. The van der Waals surface area contributed by atoms with Crippen molar-refractivity contribution in [3.63, 3.8) is 0 Å². The first-order valence-electron chi connectivity index (χ1n) is 10.6. The summed E-state index contributed by atoms with van der Waals surface area (Å²) in [5.74, 6) is 0.637. The van der Waals surface area contributed by atoms with Crippen LogP contribution in [0.1, 0.15) is 41.1 Å². The fraction of sp³-hybridized carbons (Fsp3) is 0.478. The lowest BCUT2D eigenvalue weighted by molar-refractivity contribution is -0.141. The Bertz CT molecular complexity index is 1020. The number of benzene rings is 1. The van der Waals surface area contributed by atoms with Gasteiger partial charge in [0.2, 0.25) is 11.8 Å². The summed E-state index contributed by atoms with van der Waals surface area (Å²) in [6, 6.07) is 8.30. The number of hydrogen-bond donors (Lipinski definition) is 1. The number of nitrogens with one attached hydrogen (secondary N) is 1. The van der Waals surface area contributed by atoms with E-state index in [0.29, 0.717) is 49.6 Å². The fourth-order valence-corrected chi connectivity index (χ4v) is 4.54. The Balaban J connectivity index is 1.33. The first-order valence-corrected chi connectivity index (χ1v) is 10.6. The van der Waals surface area contributed by atoms with Crippen molar-refractivity contribution in [1.82, 2.24) is 19.8 Å². The van der Waals surface area contributed by atoms with Crippen LogP contribution < -0.4 is 5.56 Å². The molecule has 1 aromatic heterocycles. The van der Waals surface area contributed by atoms with E-state index in [1.807, 2.05) is 17.0 Å². The van der Waals surface area contributed by atoms with Gasteiger partial charge in [0.25, 0.3) is 5.56 Å². The molecule has 2 aliphatic heterocycles. The highest BCUT2D eigenvalue weighted by Gasteiger charge is 2.31. The van der Waals surface area contributed by atoms with Crippen LogP contribution in [0.15, 0.2) is 29.1 Å². The monoisotopic (exact) mass is 408 g/mol. The Morgan fingerprint density at radius 1 is 1.07 bits per heavy atom. The minimum absolute atomic E-state index is 0.0366. The molecule has 30 heavy (non-hydrogen) atoms. The smallest absolute Gasteiger partial charge is 0.254 e. The second-order valence-electron chi connectivity index (χ2n) is 8.33. The van der Waals surface area contributed by atoms with Gasteiger partial charge in [-0.25, -0.2) is 4.98 Å². The number of fused-ring (bicyclic) bond motifs is 1. The van der Waals surface area contributed by atoms with Crippen LogP contribution in [0.3, 0.4) is 0 Å². The summed E-state index contributed by atoms with van der Waals surface area (Å²) in [4.78, 5) is 48.6. The summed E-state index contributed by atoms with van der Waals surface area (Å²) in [7, 11) is 0. The number of carbonyl (C=O) groups is 2. The first-order chi connectivity index (χ1) is 14.4. The van der Waals surface area contributed by atoms with Crippen molar-refractivity contribution in [2.45, 2.75) is 46.1 Å². The van der Waals surface area contributed by atoms with Crippen molar-refractivity contribution in [2.24, 2.45) is 5.92 Å². The maximum absolute atomic E-state index is 13.0. The molecule has 0 bridgehead atoms. The lowest BCUT2D eigenvalue weighted by Gasteiger charge is -2.36. The van der Waals surface area contributed by atoms with Crippen molar-refractivity contribution in [2.75, 3.05) is 19.6 Å². The molecule has 3 heterocycles. The normalized spacial score (nSPS) is 17.0. The van der Waals surface area contributed by atoms with Crippen LogP contribution in [0.25, 0.3) is 0 Å². The van der Waals surface area contributed by atoms with Gasteiger partial charge < -0.3 is 14.8 Å². The predicted octanol–water partition coefficient (Wildman–Crippen LogP) is 1.75. The Labute approximate surface area is 176 Å². The zero-order valence-electron chi connectivity index (χ0n) is 17.6. The molecule has 7 heteroatoms. The molecule has 0 radical (unpaired) electrons. The van der Waals surface area contributed by atoms with Crippen molar-refractivity contribution < 1.29 is 9.59 Å². The van der Waals surface area contributed by atoms with Crippen LogP contribution in [-0.4, -0.2) is 51.2 Å². The molecule has 1 N–H and O–H groups in total. The standard InChI is InChI=1S/C23H28N4O3/c1-15-20(22(29)25-16(2)24-15)13-21(28)26-10-8-18(9-11-26)23(30)27-12-7-17-5-3-4-6-19(17)14-27/h3-6,18H,7-14H2,1-2H3,(H,24,25,29). The lowest BCUT2D eigenvalue weighted by Crippen LogP contribution is -2.46. The van der Waals surface area contributed by atoms with E-state index >= 15 is 0 Å². The van der Waals surface area contributed by atoms with E-state index in [-0.39, 0.29) is 29.7 Å². The van der Waals surface area contributed by atoms with E-state index < -0.39 is 0 Å². The van der Waals surface area contributed by atoms with Gasteiger partial charge in [-0.1, -0.05) is 24.3 Å². The van der Waals surface area contributed by atoms with Gasteiger partial charge in [-0.05, 0) is 44.2 Å². The Kier molecular flexibility index (Phi) is 5.70. The van der Waals surface area contributed by atoms with Gasteiger partial charge in [0.15, 0.2) is 0 Å². The van der Waals surface area contributed by atoms with Crippen molar-refractivity contribution in [1.29, 1.82) is 0 Å². The average Bonchev–Trinajstić information content (AvgIpc) is 2.75. The van der Waals surface area contributed by atoms with Gasteiger partial charge in [0, 0.05) is 43.4 Å². The molecule has 0 atom stereocenters. The van der Waals surface area contributed by atoms with Gasteiger partial charge in [-0.15, -0.1) is 0 Å². The van der Waals surface area contributed by atoms with Crippen LogP contribution in [0, 0.1) is 19.8 Å². The maximum Gasteiger partial charge on any atom is 0.254 e. The Morgan fingerprint density at radius 3 is 2.47 bits per heavy atom. The molecule has 0 saturated carbocycles. The van der Waals surface area contributed by atoms with E-state index in [9.17, 15) is 14.4 Å². The van der Waals surface area contributed by atoms with Crippen LogP contribution in [0.4, 0.5) is 0 Å². The molecule has 2 aromatic rings. The number of carbonyl (C=O) groups excluding carboxylic acids is 2. The molecule has 4 rings (SSSR count).